The molecule has 4 heteroatoms. The summed E-state index contributed by atoms with van der Waals surface area (Å²) in [5.41, 5.74) is 0.601. The maximum absolute atomic E-state index is 11.4. The summed E-state index contributed by atoms with van der Waals surface area (Å²) in [5, 5.41) is 11.8. The van der Waals surface area contributed by atoms with Gasteiger partial charge in [0.15, 0.2) is 0 Å². The van der Waals surface area contributed by atoms with Crippen LogP contribution in [0.5, 0.6) is 5.75 Å². The number of phenols is 1. The largest absolute Gasteiger partial charge is 0.508 e. The van der Waals surface area contributed by atoms with E-state index < -0.39 is 0 Å². The van der Waals surface area contributed by atoms with E-state index >= 15 is 0 Å². The molecule has 0 heterocycles. The summed E-state index contributed by atoms with van der Waals surface area (Å²) in [6.07, 6.45) is 0. The Kier molecular flexibility index (Phi) is 3.83. The fourth-order valence-corrected chi connectivity index (χ4v) is 1.10. The molecule has 0 aromatic heterocycles. The number of anilines is 1. The minimum Gasteiger partial charge on any atom is -0.508 e. The summed E-state index contributed by atoms with van der Waals surface area (Å²) in [4.78, 5) is 11.4. The van der Waals surface area contributed by atoms with Crippen molar-refractivity contribution in [1.29, 1.82) is 0 Å². The second-order valence-electron chi connectivity index (χ2n) is 3.12. The third-order valence-electron chi connectivity index (χ3n) is 1.84. The predicted molar refractivity (Wildman–Crippen MR) is 59.8 cm³/mol. The van der Waals surface area contributed by atoms with Crippen molar-refractivity contribution >= 4 is 24.2 Å². The number of benzene rings is 1. The lowest BCUT2D eigenvalue weighted by atomic mass is 10.2. The Balaban J connectivity index is 2.65. The molecule has 76 valence electrons. The number of nitrogens with one attached hydrogen (secondary N) is 1. The Hall–Kier alpha value is -1.16. The number of thiol groups is 1. The van der Waals surface area contributed by atoms with Crippen molar-refractivity contribution in [3.8, 4) is 5.75 Å². The van der Waals surface area contributed by atoms with Gasteiger partial charge in [-0.1, -0.05) is 13.0 Å². The van der Waals surface area contributed by atoms with E-state index in [-0.39, 0.29) is 17.6 Å². The topological polar surface area (TPSA) is 49.3 Å². The molecule has 1 aromatic carbocycles. The van der Waals surface area contributed by atoms with Gasteiger partial charge in [0.25, 0.3) is 0 Å². The maximum atomic E-state index is 11.4. The van der Waals surface area contributed by atoms with Crippen molar-refractivity contribution in [2.24, 2.45) is 5.92 Å². The monoisotopic (exact) mass is 211 g/mol. The van der Waals surface area contributed by atoms with Gasteiger partial charge < -0.3 is 10.4 Å². The van der Waals surface area contributed by atoms with Crippen LogP contribution in [0.4, 0.5) is 5.69 Å². The van der Waals surface area contributed by atoms with E-state index in [2.05, 4.69) is 17.9 Å². The van der Waals surface area contributed by atoms with E-state index in [4.69, 9.17) is 5.11 Å². The Morgan fingerprint density at radius 3 is 2.93 bits per heavy atom. The van der Waals surface area contributed by atoms with Crippen molar-refractivity contribution in [2.45, 2.75) is 6.92 Å². The van der Waals surface area contributed by atoms with Crippen LogP contribution in [0.2, 0.25) is 0 Å². The van der Waals surface area contributed by atoms with Crippen molar-refractivity contribution in [3.05, 3.63) is 24.3 Å². The van der Waals surface area contributed by atoms with Gasteiger partial charge in [0, 0.05) is 23.4 Å². The predicted octanol–water partition coefficient (Wildman–Crippen LogP) is 1.90. The van der Waals surface area contributed by atoms with Crippen LogP contribution in [-0.2, 0) is 4.79 Å². The Labute approximate surface area is 88.6 Å². The molecule has 0 saturated carbocycles. The van der Waals surface area contributed by atoms with Crippen LogP contribution < -0.4 is 5.32 Å². The summed E-state index contributed by atoms with van der Waals surface area (Å²) >= 11 is 4.03. The van der Waals surface area contributed by atoms with Crippen LogP contribution in [0.1, 0.15) is 6.92 Å². The van der Waals surface area contributed by atoms with E-state index in [1.807, 2.05) is 0 Å². The zero-order valence-corrected chi connectivity index (χ0v) is 8.79. The summed E-state index contributed by atoms with van der Waals surface area (Å²) in [5.74, 6) is 0.414. The number of aromatic hydroxyl groups is 1. The van der Waals surface area contributed by atoms with Gasteiger partial charge >= 0.3 is 0 Å². The quantitative estimate of drug-likeness (QED) is 0.669. The highest BCUT2D eigenvalue weighted by Crippen LogP contribution is 2.16. The van der Waals surface area contributed by atoms with Gasteiger partial charge in [-0.15, -0.1) is 0 Å². The second kappa shape index (κ2) is 4.91. The zero-order chi connectivity index (χ0) is 10.6. The molecule has 0 spiro atoms. The number of rotatable bonds is 3. The molecule has 2 N–H and O–H groups in total. The molecule has 0 aliphatic rings. The molecule has 1 atom stereocenters. The third kappa shape index (κ3) is 2.96. The highest BCUT2D eigenvalue weighted by atomic mass is 32.1. The lowest BCUT2D eigenvalue weighted by Crippen LogP contribution is -2.21. The molecule has 0 radical (unpaired) electrons. The van der Waals surface area contributed by atoms with Crippen molar-refractivity contribution in [3.63, 3.8) is 0 Å². The molecule has 1 amide bonds. The first kappa shape index (κ1) is 10.9. The van der Waals surface area contributed by atoms with Gasteiger partial charge in [0.05, 0.1) is 0 Å². The summed E-state index contributed by atoms with van der Waals surface area (Å²) in [6.45, 7) is 1.80. The van der Waals surface area contributed by atoms with Gasteiger partial charge in [-0.25, -0.2) is 0 Å². The standard InChI is InChI=1S/C10H13NO2S/c1-7(6-14)10(13)11-8-3-2-4-9(12)5-8/h2-5,7,12,14H,6H2,1H3,(H,11,13). The van der Waals surface area contributed by atoms with Crippen LogP contribution in [0.3, 0.4) is 0 Å². The number of carbonyl (C=O) groups excluding carboxylic acids is 1. The smallest absolute Gasteiger partial charge is 0.228 e. The minimum absolute atomic E-state index is 0.0920. The van der Waals surface area contributed by atoms with Gasteiger partial charge in [-0.2, -0.15) is 12.6 Å². The molecule has 0 aliphatic heterocycles. The van der Waals surface area contributed by atoms with Gasteiger partial charge in [0.2, 0.25) is 5.91 Å². The van der Waals surface area contributed by atoms with E-state index in [0.717, 1.165) is 0 Å². The minimum atomic E-state index is -0.138. The molecule has 0 fully saturated rings. The molecule has 1 rings (SSSR count). The van der Waals surface area contributed by atoms with Crippen LogP contribution in [0.25, 0.3) is 0 Å². The van der Waals surface area contributed by atoms with Gasteiger partial charge in [-0.3, -0.25) is 4.79 Å². The molecule has 0 bridgehead atoms. The number of amides is 1. The Morgan fingerprint density at radius 1 is 1.64 bits per heavy atom. The second-order valence-corrected chi connectivity index (χ2v) is 3.49. The molecular weight excluding hydrogens is 198 g/mol. The molecular formula is C10H13NO2S. The number of hydrogen-bond acceptors (Lipinski definition) is 3. The van der Waals surface area contributed by atoms with Crippen LogP contribution in [0.15, 0.2) is 24.3 Å². The highest BCUT2D eigenvalue weighted by molar-refractivity contribution is 7.80. The Bertz CT molecular complexity index is 328. The fourth-order valence-electron chi connectivity index (χ4n) is 0.932. The highest BCUT2D eigenvalue weighted by Gasteiger charge is 2.10. The van der Waals surface area contributed by atoms with Gasteiger partial charge in [0.1, 0.15) is 5.75 Å². The maximum Gasteiger partial charge on any atom is 0.228 e. The zero-order valence-electron chi connectivity index (χ0n) is 7.90. The van der Waals surface area contributed by atoms with E-state index in [1.165, 1.54) is 6.07 Å². The van der Waals surface area contributed by atoms with Crippen molar-refractivity contribution in [1.82, 2.24) is 0 Å². The van der Waals surface area contributed by atoms with E-state index in [1.54, 1.807) is 25.1 Å². The fraction of sp³-hybridized carbons (Fsp3) is 0.300. The van der Waals surface area contributed by atoms with Crippen molar-refractivity contribution < 1.29 is 9.90 Å². The average Bonchev–Trinajstić information content (AvgIpc) is 2.16. The normalized spacial score (nSPS) is 12.1. The van der Waals surface area contributed by atoms with Gasteiger partial charge in [-0.05, 0) is 12.1 Å². The SMILES string of the molecule is CC(CS)C(=O)Nc1cccc(O)c1. The molecule has 0 aliphatic carbocycles. The van der Waals surface area contributed by atoms with Crippen LogP contribution in [-0.4, -0.2) is 16.8 Å². The number of phenolic OH excluding ortho intramolecular Hbond substituents is 1. The lowest BCUT2D eigenvalue weighted by molar-refractivity contribution is -0.118. The van der Waals surface area contributed by atoms with E-state index in [9.17, 15) is 4.79 Å². The molecule has 1 unspecified atom stereocenters. The number of hydrogen-bond donors (Lipinski definition) is 3. The van der Waals surface area contributed by atoms with Crippen LogP contribution >= 0.6 is 12.6 Å². The molecule has 0 saturated heterocycles. The van der Waals surface area contributed by atoms with E-state index in [0.29, 0.717) is 11.4 Å². The lowest BCUT2D eigenvalue weighted by Gasteiger charge is -2.09. The first-order valence-corrected chi connectivity index (χ1v) is 4.97. The molecule has 1 aromatic rings. The summed E-state index contributed by atoms with van der Waals surface area (Å²) < 4.78 is 0. The van der Waals surface area contributed by atoms with Crippen molar-refractivity contribution in [2.75, 3.05) is 11.1 Å². The number of carbonyl (C=O) groups is 1. The first-order valence-electron chi connectivity index (χ1n) is 4.34. The van der Waals surface area contributed by atoms with Crippen LogP contribution in [0, 0.1) is 5.92 Å². The average molecular weight is 211 g/mol. The first-order chi connectivity index (χ1) is 6.63. The summed E-state index contributed by atoms with van der Waals surface area (Å²) in [7, 11) is 0. The Morgan fingerprint density at radius 2 is 2.36 bits per heavy atom. The molecule has 14 heavy (non-hydrogen) atoms. The molecule has 3 nitrogen and oxygen atoms in total. The third-order valence-corrected chi connectivity index (χ3v) is 2.38. The summed E-state index contributed by atoms with van der Waals surface area (Å²) in [6, 6.07) is 6.46.